The second-order valence-corrected chi connectivity index (χ2v) is 5.12. The highest BCUT2D eigenvalue weighted by Crippen LogP contribution is 2.17. The molecule has 2 rings (SSSR count). The molecule has 15 heavy (non-hydrogen) atoms. The number of nitrogens with one attached hydrogen (secondary N) is 1. The van der Waals surface area contributed by atoms with Gasteiger partial charge in [-0.05, 0) is 41.9 Å². The van der Waals surface area contributed by atoms with Crippen LogP contribution in [0.4, 0.5) is 5.82 Å². The zero-order valence-electron chi connectivity index (χ0n) is 9.07. The highest BCUT2D eigenvalue weighted by Gasteiger charge is 2.21. The zero-order valence-corrected chi connectivity index (χ0v) is 10.7. The number of hydrogen-bond acceptors (Lipinski definition) is 3. The first-order chi connectivity index (χ1) is 7.15. The minimum atomic E-state index is 0.527. The molecule has 0 radical (unpaired) electrons. The fourth-order valence-corrected chi connectivity index (χ4v) is 2.30. The SMILES string of the molecule is C[C@@H]1CN(c2ccc(Br)cn2)C[C@H](C)N1. The molecule has 1 saturated heterocycles. The van der Waals surface area contributed by atoms with Gasteiger partial charge in [-0.3, -0.25) is 0 Å². The summed E-state index contributed by atoms with van der Waals surface area (Å²) in [7, 11) is 0. The Kier molecular flexibility index (Phi) is 3.26. The van der Waals surface area contributed by atoms with Crippen LogP contribution in [-0.2, 0) is 0 Å². The zero-order chi connectivity index (χ0) is 10.8. The smallest absolute Gasteiger partial charge is 0.128 e. The molecule has 0 aromatic carbocycles. The Hall–Kier alpha value is -0.610. The number of halogens is 1. The van der Waals surface area contributed by atoms with Gasteiger partial charge in [0.1, 0.15) is 5.82 Å². The third-order valence-electron chi connectivity index (χ3n) is 2.59. The summed E-state index contributed by atoms with van der Waals surface area (Å²) >= 11 is 3.40. The van der Waals surface area contributed by atoms with Crippen LogP contribution in [0.3, 0.4) is 0 Å². The Labute approximate surface area is 99.0 Å². The lowest BCUT2D eigenvalue weighted by atomic mass is 10.1. The fraction of sp³-hybridized carbons (Fsp3) is 0.545. The van der Waals surface area contributed by atoms with Gasteiger partial charge in [-0.2, -0.15) is 0 Å². The molecule has 1 fully saturated rings. The summed E-state index contributed by atoms with van der Waals surface area (Å²) in [5.74, 6) is 1.07. The minimum Gasteiger partial charge on any atom is -0.354 e. The molecule has 1 aliphatic heterocycles. The van der Waals surface area contributed by atoms with Gasteiger partial charge < -0.3 is 10.2 Å². The van der Waals surface area contributed by atoms with Crippen LogP contribution in [0.2, 0.25) is 0 Å². The van der Waals surface area contributed by atoms with Crippen molar-refractivity contribution >= 4 is 21.7 Å². The van der Waals surface area contributed by atoms with Gasteiger partial charge in [0.25, 0.3) is 0 Å². The molecule has 0 spiro atoms. The predicted molar refractivity (Wildman–Crippen MR) is 66.2 cm³/mol. The van der Waals surface area contributed by atoms with E-state index in [0.717, 1.165) is 23.4 Å². The fourth-order valence-electron chi connectivity index (χ4n) is 2.07. The third kappa shape index (κ3) is 2.69. The summed E-state index contributed by atoms with van der Waals surface area (Å²) in [4.78, 5) is 6.75. The molecule has 4 heteroatoms. The molecule has 0 aliphatic carbocycles. The molecule has 1 N–H and O–H groups in total. The molecular formula is C11H16BrN3. The Balaban J connectivity index is 2.12. The summed E-state index contributed by atoms with van der Waals surface area (Å²) in [6, 6.07) is 5.16. The van der Waals surface area contributed by atoms with E-state index in [1.807, 2.05) is 12.3 Å². The minimum absolute atomic E-state index is 0.527. The van der Waals surface area contributed by atoms with E-state index >= 15 is 0 Å². The maximum absolute atomic E-state index is 4.42. The molecule has 2 heterocycles. The topological polar surface area (TPSA) is 28.2 Å². The van der Waals surface area contributed by atoms with E-state index in [0.29, 0.717) is 12.1 Å². The second-order valence-electron chi connectivity index (χ2n) is 4.21. The van der Waals surface area contributed by atoms with Gasteiger partial charge in [0.15, 0.2) is 0 Å². The number of rotatable bonds is 1. The number of pyridine rings is 1. The van der Waals surface area contributed by atoms with E-state index in [9.17, 15) is 0 Å². The van der Waals surface area contributed by atoms with Crippen LogP contribution in [0.1, 0.15) is 13.8 Å². The van der Waals surface area contributed by atoms with Gasteiger partial charge in [0.05, 0.1) is 0 Å². The van der Waals surface area contributed by atoms with Crippen molar-refractivity contribution in [2.45, 2.75) is 25.9 Å². The quantitative estimate of drug-likeness (QED) is 0.846. The van der Waals surface area contributed by atoms with Gasteiger partial charge in [-0.25, -0.2) is 4.98 Å². The molecule has 82 valence electrons. The van der Waals surface area contributed by atoms with E-state index in [-0.39, 0.29) is 0 Å². The monoisotopic (exact) mass is 269 g/mol. The lowest BCUT2D eigenvalue weighted by molar-refractivity contribution is 0.405. The average Bonchev–Trinajstić information content (AvgIpc) is 2.17. The Morgan fingerprint density at radius 1 is 1.33 bits per heavy atom. The standard InChI is InChI=1S/C11H16BrN3/c1-8-6-15(7-9(2)14-8)11-4-3-10(12)5-13-11/h3-5,8-9,14H,6-7H2,1-2H3/t8-,9+. The molecule has 1 aliphatic rings. The molecule has 1 aromatic rings. The van der Waals surface area contributed by atoms with Crippen molar-refractivity contribution in [3.05, 3.63) is 22.8 Å². The molecule has 0 saturated carbocycles. The van der Waals surface area contributed by atoms with Crippen molar-refractivity contribution < 1.29 is 0 Å². The number of hydrogen-bond donors (Lipinski definition) is 1. The molecule has 0 bridgehead atoms. The first kappa shape index (κ1) is 10.9. The lowest BCUT2D eigenvalue weighted by Crippen LogP contribution is -2.54. The van der Waals surface area contributed by atoms with Crippen LogP contribution in [0.25, 0.3) is 0 Å². The second kappa shape index (κ2) is 4.49. The van der Waals surface area contributed by atoms with Crippen LogP contribution >= 0.6 is 15.9 Å². The number of piperazine rings is 1. The van der Waals surface area contributed by atoms with Crippen LogP contribution in [0, 0.1) is 0 Å². The highest BCUT2D eigenvalue weighted by atomic mass is 79.9. The van der Waals surface area contributed by atoms with Gasteiger partial charge in [0.2, 0.25) is 0 Å². The van der Waals surface area contributed by atoms with Crippen molar-refractivity contribution in [3.8, 4) is 0 Å². The first-order valence-corrected chi connectivity index (χ1v) is 6.07. The van der Waals surface area contributed by atoms with Gasteiger partial charge in [-0.15, -0.1) is 0 Å². The average molecular weight is 270 g/mol. The number of nitrogens with zero attached hydrogens (tertiary/aromatic N) is 2. The predicted octanol–water partition coefficient (Wildman–Crippen LogP) is 2.03. The van der Waals surface area contributed by atoms with E-state index in [2.05, 4.69) is 51.0 Å². The van der Waals surface area contributed by atoms with Crippen molar-refractivity contribution in [3.63, 3.8) is 0 Å². The molecule has 1 aromatic heterocycles. The van der Waals surface area contributed by atoms with Crippen LogP contribution < -0.4 is 10.2 Å². The van der Waals surface area contributed by atoms with Gasteiger partial charge in [0, 0.05) is 35.8 Å². The van der Waals surface area contributed by atoms with E-state index < -0.39 is 0 Å². The van der Waals surface area contributed by atoms with E-state index in [1.165, 1.54) is 0 Å². The lowest BCUT2D eigenvalue weighted by Gasteiger charge is -2.36. The van der Waals surface area contributed by atoms with Crippen molar-refractivity contribution in [2.24, 2.45) is 0 Å². The molecule has 0 unspecified atom stereocenters. The van der Waals surface area contributed by atoms with E-state index in [1.54, 1.807) is 0 Å². The van der Waals surface area contributed by atoms with Crippen molar-refractivity contribution in [1.29, 1.82) is 0 Å². The molecule has 2 atom stereocenters. The Morgan fingerprint density at radius 3 is 2.53 bits per heavy atom. The van der Waals surface area contributed by atoms with Crippen molar-refractivity contribution in [1.82, 2.24) is 10.3 Å². The molecular weight excluding hydrogens is 254 g/mol. The normalized spacial score (nSPS) is 26.7. The molecule has 0 amide bonds. The number of aromatic nitrogens is 1. The van der Waals surface area contributed by atoms with Crippen LogP contribution in [0.15, 0.2) is 22.8 Å². The molecule has 3 nitrogen and oxygen atoms in total. The highest BCUT2D eigenvalue weighted by molar-refractivity contribution is 9.10. The van der Waals surface area contributed by atoms with Crippen LogP contribution in [0.5, 0.6) is 0 Å². The Bertz CT molecular complexity index is 315. The largest absolute Gasteiger partial charge is 0.354 e. The number of anilines is 1. The summed E-state index contributed by atoms with van der Waals surface area (Å²) < 4.78 is 1.03. The first-order valence-electron chi connectivity index (χ1n) is 5.27. The summed E-state index contributed by atoms with van der Waals surface area (Å²) in [5.41, 5.74) is 0. The van der Waals surface area contributed by atoms with Gasteiger partial charge >= 0.3 is 0 Å². The maximum Gasteiger partial charge on any atom is 0.128 e. The third-order valence-corrected chi connectivity index (χ3v) is 3.06. The summed E-state index contributed by atoms with van der Waals surface area (Å²) in [6.07, 6.45) is 1.85. The summed E-state index contributed by atoms with van der Waals surface area (Å²) in [5, 5.41) is 3.51. The van der Waals surface area contributed by atoms with Crippen LogP contribution in [-0.4, -0.2) is 30.2 Å². The Morgan fingerprint density at radius 2 is 2.00 bits per heavy atom. The maximum atomic E-state index is 4.42. The van der Waals surface area contributed by atoms with Crippen molar-refractivity contribution in [2.75, 3.05) is 18.0 Å². The summed E-state index contributed by atoms with van der Waals surface area (Å²) in [6.45, 7) is 6.47. The van der Waals surface area contributed by atoms with Gasteiger partial charge in [-0.1, -0.05) is 0 Å². The van der Waals surface area contributed by atoms with E-state index in [4.69, 9.17) is 0 Å².